The van der Waals surface area contributed by atoms with Gasteiger partial charge in [0.25, 0.3) is 0 Å². The fraction of sp³-hybridized carbons (Fsp3) is 0.444. The zero-order valence-corrected chi connectivity index (χ0v) is 12.8. The lowest BCUT2D eigenvalue weighted by Gasteiger charge is -2.19. The van der Waals surface area contributed by atoms with E-state index in [2.05, 4.69) is 56.4 Å². The number of benzene rings is 1. The molecule has 2 rings (SSSR count). The molecule has 108 valence electrons. The molecule has 0 fully saturated rings. The Morgan fingerprint density at radius 3 is 2.70 bits per heavy atom. The summed E-state index contributed by atoms with van der Waals surface area (Å²) in [5.41, 5.74) is 4.01. The molecule has 1 unspecified atom stereocenters. The predicted molar refractivity (Wildman–Crippen MR) is 84.0 cm³/mol. The number of nitrogens with one attached hydrogen (secondary N) is 1. The standard InChI is InChI=1S/C18H25NO/c1-4-8-14-9-7-10-15(13-14)18(19-6-3)16-11-12-20-17(16)5-2/h7,9-13,18-19H,4-6,8H2,1-3H3. The van der Waals surface area contributed by atoms with Crippen LogP contribution >= 0.6 is 0 Å². The van der Waals surface area contributed by atoms with E-state index in [0.29, 0.717) is 0 Å². The molecule has 0 amide bonds. The Labute approximate surface area is 122 Å². The molecule has 20 heavy (non-hydrogen) atoms. The van der Waals surface area contributed by atoms with Gasteiger partial charge in [-0.1, -0.05) is 51.5 Å². The molecule has 1 N–H and O–H groups in total. The van der Waals surface area contributed by atoms with Crippen LogP contribution in [0.25, 0.3) is 0 Å². The van der Waals surface area contributed by atoms with Crippen molar-refractivity contribution in [1.82, 2.24) is 5.32 Å². The molecule has 0 spiro atoms. The van der Waals surface area contributed by atoms with E-state index in [1.54, 1.807) is 6.26 Å². The zero-order valence-electron chi connectivity index (χ0n) is 12.8. The second-order valence-electron chi connectivity index (χ2n) is 5.14. The van der Waals surface area contributed by atoms with Gasteiger partial charge in [-0.15, -0.1) is 0 Å². The summed E-state index contributed by atoms with van der Waals surface area (Å²) in [7, 11) is 0. The second kappa shape index (κ2) is 7.30. The Balaban J connectivity index is 2.35. The molecule has 0 radical (unpaired) electrons. The minimum absolute atomic E-state index is 0.227. The molecule has 1 aromatic carbocycles. The molecule has 0 bridgehead atoms. The van der Waals surface area contributed by atoms with Crippen molar-refractivity contribution < 1.29 is 4.42 Å². The van der Waals surface area contributed by atoms with Crippen molar-refractivity contribution >= 4 is 0 Å². The average Bonchev–Trinajstić information content (AvgIpc) is 2.93. The first kappa shape index (κ1) is 14.9. The summed E-state index contributed by atoms with van der Waals surface area (Å²) in [6.45, 7) is 7.45. The Morgan fingerprint density at radius 1 is 1.15 bits per heavy atom. The molecular weight excluding hydrogens is 246 g/mol. The van der Waals surface area contributed by atoms with Gasteiger partial charge in [0.15, 0.2) is 0 Å². The maximum absolute atomic E-state index is 5.60. The number of hydrogen-bond donors (Lipinski definition) is 1. The first-order valence-electron chi connectivity index (χ1n) is 7.68. The quantitative estimate of drug-likeness (QED) is 0.802. The van der Waals surface area contributed by atoms with Crippen molar-refractivity contribution in [3.05, 3.63) is 59.0 Å². The van der Waals surface area contributed by atoms with Crippen LogP contribution < -0.4 is 5.32 Å². The van der Waals surface area contributed by atoms with E-state index in [1.807, 2.05) is 0 Å². The summed E-state index contributed by atoms with van der Waals surface area (Å²) < 4.78 is 5.60. The number of hydrogen-bond acceptors (Lipinski definition) is 2. The van der Waals surface area contributed by atoms with E-state index in [9.17, 15) is 0 Å². The molecule has 0 saturated heterocycles. The lowest BCUT2D eigenvalue weighted by Crippen LogP contribution is -2.22. The largest absolute Gasteiger partial charge is 0.469 e. The SMILES string of the molecule is CCCc1cccc(C(NCC)c2ccoc2CC)c1. The first-order valence-corrected chi connectivity index (χ1v) is 7.68. The van der Waals surface area contributed by atoms with Crippen LogP contribution in [-0.2, 0) is 12.8 Å². The van der Waals surface area contributed by atoms with Crippen molar-refractivity contribution in [3.8, 4) is 0 Å². The summed E-state index contributed by atoms with van der Waals surface area (Å²) in [6.07, 6.45) is 5.05. The van der Waals surface area contributed by atoms with Gasteiger partial charge in [-0.05, 0) is 30.2 Å². The topological polar surface area (TPSA) is 25.2 Å². The van der Waals surface area contributed by atoms with Gasteiger partial charge in [-0.25, -0.2) is 0 Å². The maximum atomic E-state index is 5.60. The van der Waals surface area contributed by atoms with Crippen molar-refractivity contribution in [2.75, 3.05) is 6.54 Å². The van der Waals surface area contributed by atoms with Gasteiger partial charge in [0, 0.05) is 12.0 Å². The van der Waals surface area contributed by atoms with Crippen molar-refractivity contribution in [2.24, 2.45) is 0 Å². The number of aryl methyl sites for hydroxylation is 2. The summed E-state index contributed by atoms with van der Waals surface area (Å²) in [4.78, 5) is 0. The molecule has 0 aliphatic heterocycles. The lowest BCUT2D eigenvalue weighted by atomic mass is 9.95. The molecule has 1 heterocycles. The van der Waals surface area contributed by atoms with Gasteiger partial charge in [0.2, 0.25) is 0 Å². The third-order valence-corrected chi connectivity index (χ3v) is 3.64. The average molecular weight is 271 g/mol. The smallest absolute Gasteiger partial charge is 0.108 e. The van der Waals surface area contributed by atoms with Crippen LogP contribution in [0.1, 0.15) is 55.7 Å². The lowest BCUT2D eigenvalue weighted by molar-refractivity contribution is 0.502. The number of furan rings is 1. The van der Waals surface area contributed by atoms with Gasteiger partial charge in [-0.2, -0.15) is 0 Å². The highest BCUT2D eigenvalue weighted by molar-refractivity contribution is 5.35. The third kappa shape index (κ3) is 3.31. The minimum Gasteiger partial charge on any atom is -0.469 e. The molecule has 2 aromatic rings. The second-order valence-corrected chi connectivity index (χ2v) is 5.14. The van der Waals surface area contributed by atoms with Crippen LogP contribution in [0.2, 0.25) is 0 Å². The fourth-order valence-corrected chi connectivity index (χ4v) is 2.72. The van der Waals surface area contributed by atoms with Gasteiger partial charge in [0.1, 0.15) is 5.76 Å². The number of rotatable bonds is 7. The summed E-state index contributed by atoms with van der Waals surface area (Å²) in [6, 6.07) is 11.2. The van der Waals surface area contributed by atoms with Crippen LogP contribution in [0.3, 0.4) is 0 Å². The van der Waals surface area contributed by atoms with Crippen molar-refractivity contribution in [2.45, 2.75) is 46.1 Å². The Morgan fingerprint density at radius 2 is 2.00 bits per heavy atom. The van der Waals surface area contributed by atoms with Crippen LogP contribution in [0.15, 0.2) is 41.0 Å². The Bertz CT molecular complexity index is 530. The van der Waals surface area contributed by atoms with E-state index in [0.717, 1.165) is 25.1 Å². The van der Waals surface area contributed by atoms with E-state index in [-0.39, 0.29) is 6.04 Å². The van der Waals surface area contributed by atoms with E-state index in [1.165, 1.54) is 23.1 Å². The Kier molecular flexibility index (Phi) is 5.42. The van der Waals surface area contributed by atoms with E-state index in [4.69, 9.17) is 4.42 Å². The zero-order chi connectivity index (χ0) is 14.4. The first-order chi connectivity index (χ1) is 9.80. The molecular formula is C18H25NO. The molecule has 1 aromatic heterocycles. The highest BCUT2D eigenvalue weighted by Gasteiger charge is 2.18. The van der Waals surface area contributed by atoms with Gasteiger partial charge >= 0.3 is 0 Å². The molecule has 1 atom stereocenters. The van der Waals surface area contributed by atoms with Gasteiger partial charge in [0.05, 0.1) is 12.3 Å². The maximum Gasteiger partial charge on any atom is 0.108 e. The minimum atomic E-state index is 0.227. The highest BCUT2D eigenvalue weighted by Crippen LogP contribution is 2.27. The van der Waals surface area contributed by atoms with Crippen LogP contribution in [0.5, 0.6) is 0 Å². The van der Waals surface area contributed by atoms with Crippen molar-refractivity contribution in [1.29, 1.82) is 0 Å². The fourth-order valence-electron chi connectivity index (χ4n) is 2.72. The van der Waals surface area contributed by atoms with Crippen LogP contribution in [0, 0.1) is 0 Å². The summed E-state index contributed by atoms with van der Waals surface area (Å²) in [5.74, 6) is 1.08. The highest BCUT2D eigenvalue weighted by atomic mass is 16.3. The van der Waals surface area contributed by atoms with Gasteiger partial charge in [-0.3, -0.25) is 0 Å². The van der Waals surface area contributed by atoms with E-state index < -0.39 is 0 Å². The normalized spacial score (nSPS) is 12.6. The van der Waals surface area contributed by atoms with Crippen molar-refractivity contribution in [3.63, 3.8) is 0 Å². The monoisotopic (exact) mass is 271 g/mol. The molecule has 0 aliphatic carbocycles. The Hall–Kier alpha value is -1.54. The molecule has 0 aliphatic rings. The molecule has 2 heteroatoms. The summed E-state index contributed by atoms with van der Waals surface area (Å²) >= 11 is 0. The van der Waals surface area contributed by atoms with Gasteiger partial charge < -0.3 is 9.73 Å². The molecule has 2 nitrogen and oxygen atoms in total. The van der Waals surface area contributed by atoms with Crippen LogP contribution in [-0.4, -0.2) is 6.54 Å². The van der Waals surface area contributed by atoms with Crippen LogP contribution in [0.4, 0.5) is 0 Å². The summed E-state index contributed by atoms with van der Waals surface area (Å²) in [5, 5.41) is 3.59. The third-order valence-electron chi connectivity index (χ3n) is 3.64. The predicted octanol–water partition coefficient (Wildman–Crippen LogP) is 4.49. The molecule has 0 saturated carbocycles. The van der Waals surface area contributed by atoms with E-state index >= 15 is 0 Å².